The lowest BCUT2D eigenvalue weighted by molar-refractivity contribution is -0.0151. The molecule has 2 aromatic carbocycles. The zero-order chi connectivity index (χ0) is 23.7. The summed E-state index contributed by atoms with van der Waals surface area (Å²) < 4.78 is 25.6. The summed E-state index contributed by atoms with van der Waals surface area (Å²) in [5.41, 5.74) is 3.14. The van der Waals surface area contributed by atoms with E-state index in [1.165, 1.54) is 11.3 Å². The van der Waals surface area contributed by atoms with Gasteiger partial charge in [0.25, 0.3) is 0 Å². The molecule has 34 heavy (non-hydrogen) atoms. The van der Waals surface area contributed by atoms with Crippen LogP contribution in [-0.4, -0.2) is 49.5 Å². The summed E-state index contributed by atoms with van der Waals surface area (Å²) >= 11 is 6.27. The fourth-order valence-electron chi connectivity index (χ4n) is 4.89. The van der Waals surface area contributed by atoms with Gasteiger partial charge in [0.15, 0.2) is 17.1 Å². The second-order valence-corrected chi connectivity index (χ2v) is 9.53. The third kappa shape index (κ3) is 4.38. The van der Waals surface area contributed by atoms with Crippen LogP contribution in [0.1, 0.15) is 31.0 Å². The molecule has 0 saturated carbocycles. The van der Waals surface area contributed by atoms with Gasteiger partial charge in [-0.3, -0.25) is 4.90 Å². The topological polar surface area (TPSA) is 45.1 Å². The number of aromatic nitrogens is 1. The number of hydrogen-bond acceptors (Lipinski definition) is 5. The van der Waals surface area contributed by atoms with E-state index in [1.54, 1.807) is 14.2 Å². The van der Waals surface area contributed by atoms with Gasteiger partial charge in [-0.05, 0) is 48.9 Å². The summed E-state index contributed by atoms with van der Waals surface area (Å²) in [6, 6.07) is 16.3. The van der Waals surface area contributed by atoms with Crippen molar-refractivity contribution in [3.05, 3.63) is 71.0 Å². The fraction of sp³-hybridized carbons (Fsp3) is 0.407. The molecule has 1 fully saturated rings. The first-order valence-corrected chi connectivity index (χ1v) is 12.1. The number of rotatable bonds is 7. The van der Waals surface area contributed by atoms with E-state index in [0.29, 0.717) is 11.6 Å². The van der Waals surface area contributed by atoms with Gasteiger partial charge in [0, 0.05) is 56.9 Å². The number of benzene rings is 2. The van der Waals surface area contributed by atoms with Crippen LogP contribution in [0, 0.1) is 0 Å². The predicted molar refractivity (Wildman–Crippen MR) is 133 cm³/mol. The van der Waals surface area contributed by atoms with Crippen LogP contribution in [0.5, 0.6) is 17.2 Å². The van der Waals surface area contributed by atoms with Crippen LogP contribution in [0.3, 0.4) is 0 Å². The van der Waals surface area contributed by atoms with Crippen molar-refractivity contribution >= 4 is 11.6 Å². The van der Waals surface area contributed by atoms with Crippen LogP contribution < -0.4 is 14.2 Å². The molecular formula is C27H31ClN2O4. The van der Waals surface area contributed by atoms with Crippen molar-refractivity contribution < 1.29 is 18.9 Å². The first-order chi connectivity index (χ1) is 16.5. The number of methoxy groups -OCH3 is 2. The molecule has 3 heterocycles. The molecule has 0 amide bonds. The van der Waals surface area contributed by atoms with Crippen LogP contribution in [0.15, 0.2) is 54.7 Å². The Hall–Kier alpha value is -2.67. The smallest absolute Gasteiger partial charge is 0.161 e. The molecule has 7 heteroatoms. The average molecular weight is 483 g/mol. The van der Waals surface area contributed by atoms with E-state index in [0.717, 1.165) is 55.4 Å². The Morgan fingerprint density at radius 2 is 1.88 bits per heavy atom. The van der Waals surface area contributed by atoms with E-state index < -0.39 is 0 Å². The molecule has 0 bridgehead atoms. The molecule has 6 nitrogen and oxygen atoms in total. The molecule has 1 saturated heterocycles. The summed E-state index contributed by atoms with van der Waals surface area (Å²) in [4.78, 5) is 2.47. The summed E-state index contributed by atoms with van der Waals surface area (Å²) in [5.74, 6) is 2.34. The number of nitrogens with zero attached hydrogens (tertiary/aromatic N) is 2. The van der Waals surface area contributed by atoms with Crippen molar-refractivity contribution in [2.24, 2.45) is 0 Å². The van der Waals surface area contributed by atoms with Crippen molar-refractivity contribution in [2.75, 3.05) is 33.9 Å². The molecule has 1 atom stereocenters. The molecule has 0 unspecified atom stereocenters. The summed E-state index contributed by atoms with van der Waals surface area (Å²) in [7, 11) is 3.36. The largest absolute Gasteiger partial charge is 0.493 e. The maximum Gasteiger partial charge on any atom is 0.161 e. The van der Waals surface area contributed by atoms with E-state index in [4.69, 9.17) is 30.5 Å². The van der Waals surface area contributed by atoms with Crippen LogP contribution in [0.25, 0.3) is 5.69 Å². The van der Waals surface area contributed by atoms with Gasteiger partial charge in [0.1, 0.15) is 12.4 Å². The van der Waals surface area contributed by atoms with Gasteiger partial charge in [-0.25, -0.2) is 0 Å². The van der Waals surface area contributed by atoms with Gasteiger partial charge >= 0.3 is 0 Å². The van der Waals surface area contributed by atoms with E-state index in [9.17, 15) is 0 Å². The van der Waals surface area contributed by atoms with Crippen molar-refractivity contribution in [3.63, 3.8) is 0 Å². The molecule has 1 aromatic heterocycles. The quantitative estimate of drug-likeness (QED) is 0.449. The zero-order valence-corrected chi connectivity index (χ0v) is 20.7. The SMILES string of the molecule is COc1cc(CN2CCC3(CC2)Oc2cc(Cl)ccc2-n2cccc23)ccc1OC[C@@H](C)OC. The van der Waals surface area contributed by atoms with Crippen molar-refractivity contribution in [2.45, 2.75) is 38.0 Å². The van der Waals surface area contributed by atoms with Crippen LogP contribution in [0.4, 0.5) is 0 Å². The van der Waals surface area contributed by atoms with Gasteiger partial charge in [-0.15, -0.1) is 0 Å². The number of ether oxygens (including phenoxy) is 4. The highest BCUT2D eigenvalue weighted by Crippen LogP contribution is 2.46. The lowest BCUT2D eigenvalue weighted by atomic mass is 9.86. The van der Waals surface area contributed by atoms with Crippen LogP contribution in [0.2, 0.25) is 5.02 Å². The van der Waals surface area contributed by atoms with E-state index in [-0.39, 0.29) is 11.7 Å². The second kappa shape index (κ2) is 9.53. The standard InChI is InChI=1S/C27H31ClN2O4/c1-19(31-2)18-33-23-9-6-20(15-25(23)32-3)17-29-13-10-27(11-14-29)26-5-4-12-30(26)22-8-7-21(28)16-24(22)34-27/h4-9,12,15-16,19H,10-11,13-14,17-18H2,1-3H3/t19-/m1/s1. The number of piperidine rings is 1. The Labute approximate surface area is 205 Å². The van der Waals surface area contributed by atoms with Crippen molar-refractivity contribution in [1.29, 1.82) is 0 Å². The molecule has 0 radical (unpaired) electrons. The van der Waals surface area contributed by atoms with Gasteiger partial charge in [0.05, 0.1) is 24.6 Å². The first kappa shape index (κ1) is 23.1. The highest BCUT2D eigenvalue weighted by Gasteiger charge is 2.43. The second-order valence-electron chi connectivity index (χ2n) is 9.09. The number of hydrogen-bond donors (Lipinski definition) is 0. The highest BCUT2D eigenvalue weighted by atomic mass is 35.5. The monoisotopic (exact) mass is 482 g/mol. The lowest BCUT2D eigenvalue weighted by Gasteiger charge is -2.45. The van der Waals surface area contributed by atoms with Gasteiger partial charge in [-0.1, -0.05) is 17.7 Å². The number of likely N-dealkylation sites (tertiary alicyclic amines) is 1. The van der Waals surface area contributed by atoms with Gasteiger partial charge in [-0.2, -0.15) is 0 Å². The van der Waals surface area contributed by atoms with Crippen molar-refractivity contribution in [1.82, 2.24) is 9.47 Å². The average Bonchev–Trinajstić information content (AvgIpc) is 3.35. The molecule has 2 aliphatic heterocycles. The van der Waals surface area contributed by atoms with Crippen molar-refractivity contribution in [3.8, 4) is 22.9 Å². The molecule has 3 aromatic rings. The Morgan fingerprint density at radius 3 is 2.65 bits per heavy atom. The minimum Gasteiger partial charge on any atom is -0.493 e. The Balaban J connectivity index is 1.27. The fourth-order valence-corrected chi connectivity index (χ4v) is 5.05. The maximum atomic E-state index is 6.65. The maximum absolute atomic E-state index is 6.65. The molecule has 0 N–H and O–H groups in total. The van der Waals surface area contributed by atoms with Crippen LogP contribution in [-0.2, 0) is 16.9 Å². The van der Waals surface area contributed by atoms with E-state index in [1.807, 2.05) is 31.2 Å². The van der Waals surface area contributed by atoms with E-state index >= 15 is 0 Å². The lowest BCUT2D eigenvalue weighted by Crippen LogP contribution is -2.48. The molecule has 5 rings (SSSR count). The predicted octanol–water partition coefficient (Wildman–Crippen LogP) is 5.44. The number of halogens is 1. The van der Waals surface area contributed by atoms with Gasteiger partial charge < -0.3 is 23.5 Å². The molecule has 2 aliphatic rings. The zero-order valence-electron chi connectivity index (χ0n) is 19.9. The normalized spacial score (nSPS) is 17.5. The third-order valence-corrected chi connectivity index (χ3v) is 7.11. The van der Waals surface area contributed by atoms with Gasteiger partial charge in [0.2, 0.25) is 0 Å². The minimum absolute atomic E-state index is 0.0242. The molecule has 1 spiro atoms. The molecule has 0 aliphatic carbocycles. The Morgan fingerprint density at radius 1 is 1.06 bits per heavy atom. The van der Waals surface area contributed by atoms with E-state index in [2.05, 4.69) is 39.9 Å². The summed E-state index contributed by atoms with van der Waals surface area (Å²) in [6.07, 6.45) is 3.96. The third-order valence-electron chi connectivity index (χ3n) is 6.88. The first-order valence-electron chi connectivity index (χ1n) is 11.7. The summed E-state index contributed by atoms with van der Waals surface area (Å²) in [5, 5.41) is 0.694. The Bertz CT molecular complexity index is 1150. The molecular weight excluding hydrogens is 452 g/mol. The summed E-state index contributed by atoms with van der Waals surface area (Å²) in [6.45, 7) is 5.19. The molecule has 180 valence electrons. The number of fused-ring (bicyclic) bond motifs is 4. The Kier molecular flexibility index (Phi) is 6.47. The highest BCUT2D eigenvalue weighted by molar-refractivity contribution is 6.30. The minimum atomic E-state index is -0.328. The van der Waals surface area contributed by atoms with Crippen LogP contribution >= 0.6 is 11.6 Å².